The van der Waals surface area contributed by atoms with Gasteiger partial charge in [0, 0.05) is 19.8 Å². The number of nitrogens with one attached hydrogen (secondary N) is 1. The number of ether oxygens (including phenoxy) is 1. The first kappa shape index (κ1) is 15.7. The predicted octanol–water partition coefficient (Wildman–Crippen LogP) is 3.38. The monoisotopic (exact) mass is 227 g/mol. The van der Waals surface area contributed by atoms with Crippen LogP contribution in [-0.2, 0) is 4.74 Å². The second kappa shape index (κ2) is 9.86. The first-order valence-electron chi connectivity index (χ1n) is 6.52. The second-order valence-electron chi connectivity index (χ2n) is 4.75. The summed E-state index contributed by atoms with van der Waals surface area (Å²) in [6, 6.07) is 0.567. The summed E-state index contributed by atoms with van der Waals surface area (Å²) in [6.45, 7) is 12.7. The van der Waals surface area contributed by atoms with Crippen LogP contribution in [0.1, 0.15) is 46.5 Å². The number of hydrogen-bond donors (Lipinski definition) is 1. The molecular weight excluding hydrogens is 198 g/mol. The van der Waals surface area contributed by atoms with Crippen molar-refractivity contribution in [3.63, 3.8) is 0 Å². The molecule has 0 aliphatic heterocycles. The van der Waals surface area contributed by atoms with Gasteiger partial charge in [-0.2, -0.15) is 0 Å². The first-order chi connectivity index (χ1) is 7.63. The molecule has 1 N–H and O–H groups in total. The number of rotatable bonds is 10. The van der Waals surface area contributed by atoms with E-state index >= 15 is 0 Å². The minimum absolute atomic E-state index is 0.567. The van der Waals surface area contributed by atoms with Crippen LogP contribution in [0.15, 0.2) is 12.2 Å². The zero-order chi connectivity index (χ0) is 12.4. The molecule has 0 spiro atoms. The molecule has 2 nitrogen and oxygen atoms in total. The summed E-state index contributed by atoms with van der Waals surface area (Å²) in [5.41, 5.74) is 1.35. The lowest BCUT2D eigenvalue weighted by Gasteiger charge is -2.22. The molecule has 2 heteroatoms. The molecule has 2 atom stereocenters. The third kappa shape index (κ3) is 7.89. The van der Waals surface area contributed by atoms with Crippen molar-refractivity contribution in [3.05, 3.63) is 12.2 Å². The molecule has 0 fully saturated rings. The van der Waals surface area contributed by atoms with Crippen LogP contribution >= 0.6 is 0 Å². The maximum Gasteiger partial charge on any atom is 0.0488 e. The summed E-state index contributed by atoms with van der Waals surface area (Å²) in [5.74, 6) is 0.615. The third-order valence-electron chi connectivity index (χ3n) is 2.86. The Labute approximate surface area is 101 Å². The molecule has 0 saturated carbocycles. The van der Waals surface area contributed by atoms with Crippen LogP contribution in [0.5, 0.6) is 0 Å². The molecule has 0 heterocycles. The Morgan fingerprint density at radius 2 is 2.06 bits per heavy atom. The molecule has 0 amide bonds. The highest BCUT2D eigenvalue weighted by molar-refractivity contribution is 4.96. The lowest BCUT2D eigenvalue weighted by Crippen LogP contribution is -2.32. The van der Waals surface area contributed by atoms with Gasteiger partial charge in [-0.05, 0) is 38.1 Å². The zero-order valence-corrected chi connectivity index (χ0v) is 11.5. The van der Waals surface area contributed by atoms with E-state index in [0.717, 1.165) is 26.0 Å². The summed E-state index contributed by atoms with van der Waals surface area (Å²) in [5, 5.41) is 3.61. The van der Waals surface area contributed by atoms with E-state index in [2.05, 4.69) is 32.7 Å². The van der Waals surface area contributed by atoms with E-state index in [9.17, 15) is 0 Å². The SMILES string of the molecule is C=C(CC)CC(CC(C)COC)NCCC. The lowest BCUT2D eigenvalue weighted by atomic mass is 9.96. The molecule has 0 bridgehead atoms. The van der Waals surface area contributed by atoms with Gasteiger partial charge in [0.25, 0.3) is 0 Å². The Morgan fingerprint density at radius 1 is 1.38 bits per heavy atom. The number of methoxy groups -OCH3 is 1. The fraction of sp³-hybridized carbons (Fsp3) is 0.857. The molecule has 0 aliphatic rings. The normalized spacial score (nSPS) is 14.8. The van der Waals surface area contributed by atoms with Crippen LogP contribution in [0.3, 0.4) is 0 Å². The first-order valence-corrected chi connectivity index (χ1v) is 6.52. The molecule has 16 heavy (non-hydrogen) atoms. The van der Waals surface area contributed by atoms with E-state index in [1.54, 1.807) is 7.11 Å². The van der Waals surface area contributed by atoms with Crippen molar-refractivity contribution >= 4 is 0 Å². The molecular formula is C14H29NO. The highest BCUT2D eigenvalue weighted by atomic mass is 16.5. The van der Waals surface area contributed by atoms with Crippen molar-refractivity contribution in [2.24, 2.45) is 5.92 Å². The van der Waals surface area contributed by atoms with E-state index < -0.39 is 0 Å². The minimum atomic E-state index is 0.567. The van der Waals surface area contributed by atoms with E-state index in [1.165, 1.54) is 18.4 Å². The van der Waals surface area contributed by atoms with Crippen molar-refractivity contribution in [1.29, 1.82) is 0 Å². The molecule has 0 aromatic heterocycles. The van der Waals surface area contributed by atoms with E-state index in [4.69, 9.17) is 4.74 Å². The molecule has 2 unspecified atom stereocenters. The third-order valence-corrected chi connectivity index (χ3v) is 2.86. The number of hydrogen-bond acceptors (Lipinski definition) is 2. The van der Waals surface area contributed by atoms with Gasteiger partial charge in [0.05, 0.1) is 0 Å². The Kier molecular flexibility index (Phi) is 9.65. The van der Waals surface area contributed by atoms with Crippen LogP contribution in [0, 0.1) is 5.92 Å². The van der Waals surface area contributed by atoms with Crippen molar-refractivity contribution in [2.45, 2.75) is 52.5 Å². The Balaban J connectivity index is 4.02. The molecule has 0 radical (unpaired) electrons. The Morgan fingerprint density at radius 3 is 2.56 bits per heavy atom. The van der Waals surface area contributed by atoms with Crippen LogP contribution in [0.4, 0.5) is 0 Å². The van der Waals surface area contributed by atoms with Crippen LogP contribution in [-0.4, -0.2) is 26.3 Å². The van der Waals surface area contributed by atoms with Gasteiger partial charge in [-0.3, -0.25) is 0 Å². The van der Waals surface area contributed by atoms with Crippen LogP contribution in [0.2, 0.25) is 0 Å². The van der Waals surface area contributed by atoms with Gasteiger partial charge in [0.2, 0.25) is 0 Å². The van der Waals surface area contributed by atoms with Crippen LogP contribution < -0.4 is 5.32 Å². The molecule has 0 aromatic carbocycles. The van der Waals surface area contributed by atoms with Gasteiger partial charge in [0.15, 0.2) is 0 Å². The fourth-order valence-corrected chi connectivity index (χ4v) is 1.92. The predicted molar refractivity (Wildman–Crippen MR) is 71.8 cm³/mol. The lowest BCUT2D eigenvalue weighted by molar-refractivity contribution is 0.149. The Hall–Kier alpha value is -0.340. The van der Waals surface area contributed by atoms with Crippen molar-refractivity contribution in [1.82, 2.24) is 5.32 Å². The second-order valence-corrected chi connectivity index (χ2v) is 4.75. The highest BCUT2D eigenvalue weighted by Crippen LogP contribution is 2.15. The minimum Gasteiger partial charge on any atom is -0.384 e. The summed E-state index contributed by atoms with van der Waals surface area (Å²) in [7, 11) is 1.77. The van der Waals surface area contributed by atoms with E-state index in [1.807, 2.05) is 0 Å². The quantitative estimate of drug-likeness (QED) is 0.578. The molecule has 0 saturated heterocycles. The molecule has 0 aliphatic carbocycles. The summed E-state index contributed by atoms with van der Waals surface area (Å²) < 4.78 is 5.19. The average Bonchev–Trinajstić information content (AvgIpc) is 2.26. The summed E-state index contributed by atoms with van der Waals surface area (Å²) >= 11 is 0. The fourth-order valence-electron chi connectivity index (χ4n) is 1.92. The smallest absolute Gasteiger partial charge is 0.0488 e. The van der Waals surface area contributed by atoms with Crippen LogP contribution in [0.25, 0.3) is 0 Å². The van der Waals surface area contributed by atoms with Crippen molar-refractivity contribution in [2.75, 3.05) is 20.3 Å². The van der Waals surface area contributed by atoms with Gasteiger partial charge < -0.3 is 10.1 Å². The molecule has 96 valence electrons. The van der Waals surface area contributed by atoms with Gasteiger partial charge in [-0.25, -0.2) is 0 Å². The average molecular weight is 227 g/mol. The molecule has 0 rings (SSSR count). The summed E-state index contributed by atoms with van der Waals surface area (Å²) in [6.07, 6.45) is 4.55. The largest absolute Gasteiger partial charge is 0.384 e. The maximum absolute atomic E-state index is 5.19. The van der Waals surface area contributed by atoms with E-state index in [-0.39, 0.29) is 0 Å². The van der Waals surface area contributed by atoms with Crippen molar-refractivity contribution < 1.29 is 4.74 Å². The highest BCUT2D eigenvalue weighted by Gasteiger charge is 2.13. The topological polar surface area (TPSA) is 21.3 Å². The van der Waals surface area contributed by atoms with Gasteiger partial charge in [-0.1, -0.05) is 32.9 Å². The summed E-state index contributed by atoms with van der Waals surface area (Å²) in [4.78, 5) is 0. The van der Waals surface area contributed by atoms with Crippen molar-refractivity contribution in [3.8, 4) is 0 Å². The van der Waals surface area contributed by atoms with Gasteiger partial charge in [0.1, 0.15) is 0 Å². The Bertz CT molecular complexity index is 180. The van der Waals surface area contributed by atoms with Gasteiger partial charge >= 0.3 is 0 Å². The maximum atomic E-state index is 5.19. The van der Waals surface area contributed by atoms with E-state index in [0.29, 0.717) is 12.0 Å². The van der Waals surface area contributed by atoms with Gasteiger partial charge in [-0.15, -0.1) is 0 Å². The molecule has 0 aromatic rings. The standard InChI is InChI=1S/C14H29NO/c1-6-8-15-14(9-12(3)7-2)10-13(4)11-16-5/h13-15H,3,6-11H2,1-2,4-5H3. The zero-order valence-electron chi connectivity index (χ0n) is 11.5.